The van der Waals surface area contributed by atoms with Crippen molar-refractivity contribution in [2.24, 2.45) is 5.92 Å². The summed E-state index contributed by atoms with van der Waals surface area (Å²) in [7, 11) is 0. The van der Waals surface area contributed by atoms with E-state index in [-0.39, 0.29) is 18.5 Å². The number of nitrogens with one attached hydrogen (secondary N) is 1. The Labute approximate surface area is 114 Å². The molecular weight excluding hydrogens is 244 g/mol. The lowest BCUT2D eigenvalue weighted by molar-refractivity contribution is -0.140. The molecule has 0 unspecified atom stereocenters. The van der Waals surface area contributed by atoms with Crippen molar-refractivity contribution in [3.63, 3.8) is 0 Å². The lowest BCUT2D eigenvalue weighted by Crippen LogP contribution is -2.55. The predicted octanol–water partition coefficient (Wildman–Crippen LogP) is 1.23. The Bertz CT molecular complexity index is 336. The van der Waals surface area contributed by atoms with Crippen LogP contribution < -0.4 is 5.32 Å². The maximum absolute atomic E-state index is 11.5. The Morgan fingerprint density at radius 1 is 1.32 bits per heavy atom. The van der Waals surface area contributed by atoms with Crippen LogP contribution in [0.25, 0.3) is 0 Å². The smallest absolute Gasteiger partial charge is 0.317 e. The molecule has 5 heteroatoms. The summed E-state index contributed by atoms with van der Waals surface area (Å²) in [5.74, 6) is 0.0742. The van der Waals surface area contributed by atoms with E-state index >= 15 is 0 Å². The normalized spacial score (nSPS) is 26.0. The molecule has 2 rings (SSSR count). The molecule has 0 radical (unpaired) electrons. The minimum absolute atomic E-state index is 0.123. The fraction of sp³-hybridized carbons (Fsp3) is 0.857. The second-order valence-corrected chi connectivity index (χ2v) is 5.91. The molecule has 2 aliphatic rings. The average Bonchev–Trinajstić information content (AvgIpc) is 3.05. The maximum atomic E-state index is 11.5. The molecule has 2 saturated carbocycles. The first-order chi connectivity index (χ1) is 9.08. The first-order valence-corrected chi connectivity index (χ1v) is 7.33. The van der Waals surface area contributed by atoms with E-state index in [0.717, 1.165) is 25.8 Å². The van der Waals surface area contributed by atoms with Gasteiger partial charge in [-0.25, -0.2) is 0 Å². The van der Waals surface area contributed by atoms with Gasteiger partial charge in [-0.15, -0.1) is 0 Å². The second kappa shape index (κ2) is 6.37. The number of carbonyl (C=O) groups excluding carboxylic acids is 1. The summed E-state index contributed by atoms with van der Waals surface area (Å²) < 4.78 is 0. The first kappa shape index (κ1) is 14.3. The van der Waals surface area contributed by atoms with Crippen molar-refractivity contribution in [2.45, 2.75) is 57.5 Å². The quantitative estimate of drug-likeness (QED) is 0.694. The van der Waals surface area contributed by atoms with E-state index in [1.54, 1.807) is 0 Å². The number of hydrogen-bond acceptors (Lipinski definition) is 3. The Hall–Kier alpha value is -1.10. The highest BCUT2D eigenvalue weighted by Gasteiger charge is 2.37. The number of amides is 1. The molecular formula is C14H24N2O3. The van der Waals surface area contributed by atoms with E-state index in [9.17, 15) is 9.59 Å². The largest absolute Gasteiger partial charge is 0.480 e. The highest BCUT2D eigenvalue weighted by Crippen LogP contribution is 2.33. The summed E-state index contributed by atoms with van der Waals surface area (Å²) >= 11 is 0. The standard InChI is InChI=1S/C14H24N2O3/c1-2-3-13(17)15-11-6-12(7-11)16(9-14(18)19)8-10-4-5-10/h10-12H,2-9H2,1H3,(H,15,17)(H,18,19). The lowest BCUT2D eigenvalue weighted by atomic mass is 9.85. The van der Waals surface area contributed by atoms with Gasteiger partial charge < -0.3 is 10.4 Å². The molecule has 2 aliphatic carbocycles. The van der Waals surface area contributed by atoms with Crippen LogP contribution in [0.1, 0.15) is 45.4 Å². The van der Waals surface area contributed by atoms with Crippen LogP contribution in [0, 0.1) is 5.92 Å². The molecule has 108 valence electrons. The Morgan fingerprint density at radius 2 is 2.00 bits per heavy atom. The van der Waals surface area contributed by atoms with Gasteiger partial charge in [0.1, 0.15) is 0 Å². The third-order valence-electron chi connectivity index (χ3n) is 4.00. The van der Waals surface area contributed by atoms with Gasteiger partial charge in [-0.05, 0) is 38.0 Å². The molecule has 0 aliphatic heterocycles. The molecule has 1 amide bonds. The molecule has 0 aromatic carbocycles. The molecule has 19 heavy (non-hydrogen) atoms. The van der Waals surface area contributed by atoms with Crippen molar-refractivity contribution in [2.75, 3.05) is 13.1 Å². The fourth-order valence-corrected chi connectivity index (χ4v) is 2.68. The number of carboxylic acid groups (broad SMARTS) is 1. The number of nitrogens with zero attached hydrogens (tertiary/aromatic N) is 1. The second-order valence-electron chi connectivity index (χ2n) is 5.91. The Morgan fingerprint density at radius 3 is 2.53 bits per heavy atom. The topological polar surface area (TPSA) is 69.6 Å². The number of hydrogen-bond donors (Lipinski definition) is 2. The van der Waals surface area contributed by atoms with Gasteiger partial charge in [-0.1, -0.05) is 6.92 Å². The molecule has 2 fully saturated rings. The average molecular weight is 268 g/mol. The fourth-order valence-electron chi connectivity index (χ4n) is 2.68. The molecule has 0 saturated heterocycles. The van der Waals surface area contributed by atoms with E-state index in [2.05, 4.69) is 10.2 Å². The Kier molecular flexibility index (Phi) is 4.80. The van der Waals surface area contributed by atoms with Gasteiger partial charge in [0.15, 0.2) is 0 Å². The van der Waals surface area contributed by atoms with Gasteiger partial charge in [-0.3, -0.25) is 14.5 Å². The van der Waals surface area contributed by atoms with Crippen molar-refractivity contribution >= 4 is 11.9 Å². The van der Waals surface area contributed by atoms with Crippen LogP contribution in [0.4, 0.5) is 0 Å². The van der Waals surface area contributed by atoms with Crippen molar-refractivity contribution < 1.29 is 14.7 Å². The van der Waals surface area contributed by atoms with Gasteiger partial charge in [0, 0.05) is 25.0 Å². The van der Waals surface area contributed by atoms with Gasteiger partial charge in [0.2, 0.25) is 5.91 Å². The number of aliphatic carboxylic acids is 1. The van der Waals surface area contributed by atoms with E-state index in [1.807, 2.05) is 6.92 Å². The first-order valence-electron chi connectivity index (χ1n) is 7.33. The van der Waals surface area contributed by atoms with E-state index in [4.69, 9.17) is 5.11 Å². The van der Waals surface area contributed by atoms with Crippen LogP contribution in [0.5, 0.6) is 0 Å². The van der Waals surface area contributed by atoms with E-state index < -0.39 is 5.97 Å². The molecule has 0 aromatic heterocycles. The molecule has 0 spiro atoms. The zero-order valence-corrected chi connectivity index (χ0v) is 11.6. The predicted molar refractivity (Wildman–Crippen MR) is 71.8 cm³/mol. The summed E-state index contributed by atoms with van der Waals surface area (Å²) in [6.07, 6.45) is 5.72. The zero-order chi connectivity index (χ0) is 13.8. The molecule has 5 nitrogen and oxygen atoms in total. The molecule has 2 N–H and O–H groups in total. The van der Waals surface area contributed by atoms with Crippen LogP contribution >= 0.6 is 0 Å². The van der Waals surface area contributed by atoms with Crippen LogP contribution in [0.2, 0.25) is 0 Å². The van der Waals surface area contributed by atoms with Crippen LogP contribution in [-0.2, 0) is 9.59 Å². The van der Waals surface area contributed by atoms with E-state index in [1.165, 1.54) is 12.8 Å². The number of carboxylic acids is 1. The van der Waals surface area contributed by atoms with Crippen molar-refractivity contribution in [1.29, 1.82) is 0 Å². The summed E-state index contributed by atoms with van der Waals surface area (Å²) in [4.78, 5) is 24.4. The third-order valence-corrected chi connectivity index (χ3v) is 4.00. The third kappa shape index (κ3) is 4.49. The molecule has 0 aromatic rings. The van der Waals surface area contributed by atoms with Gasteiger partial charge >= 0.3 is 5.97 Å². The monoisotopic (exact) mass is 268 g/mol. The zero-order valence-electron chi connectivity index (χ0n) is 11.6. The summed E-state index contributed by atoms with van der Waals surface area (Å²) in [6, 6.07) is 0.586. The summed E-state index contributed by atoms with van der Waals surface area (Å²) in [5.41, 5.74) is 0. The summed E-state index contributed by atoms with van der Waals surface area (Å²) in [6.45, 7) is 3.04. The highest BCUT2D eigenvalue weighted by molar-refractivity contribution is 5.76. The van der Waals surface area contributed by atoms with Crippen molar-refractivity contribution in [3.05, 3.63) is 0 Å². The van der Waals surface area contributed by atoms with E-state index in [0.29, 0.717) is 18.4 Å². The highest BCUT2D eigenvalue weighted by atomic mass is 16.4. The molecule has 0 atom stereocenters. The number of carbonyl (C=O) groups is 2. The Balaban J connectivity index is 1.72. The minimum atomic E-state index is -0.751. The maximum Gasteiger partial charge on any atom is 0.317 e. The minimum Gasteiger partial charge on any atom is -0.480 e. The summed E-state index contributed by atoms with van der Waals surface area (Å²) in [5, 5.41) is 12.0. The van der Waals surface area contributed by atoms with Crippen molar-refractivity contribution in [3.8, 4) is 0 Å². The number of rotatable bonds is 8. The SMILES string of the molecule is CCCC(=O)NC1CC(N(CC(=O)O)CC2CC2)C1. The van der Waals surface area contributed by atoms with Crippen LogP contribution in [-0.4, -0.2) is 47.1 Å². The van der Waals surface area contributed by atoms with Gasteiger partial charge in [-0.2, -0.15) is 0 Å². The van der Waals surface area contributed by atoms with Gasteiger partial charge in [0.25, 0.3) is 0 Å². The van der Waals surface area contributed by atoms with Crippen LogP contribution in [0.15, 0.2) is 0 Å². The van der Waals surface area contributed by atoms with Crippen LogP contribution in [0.3, 0.4) is 0 Å². The molecule has 0 bridgehead atoms. The molecule has 0 heterocycles. The van der Waals surface area contributed by atoms with Crippen molar-refractivity contribution in [1.82, 2.24) is 10.2 Å². The van der Waals surface area contributed by atoms with Gasteiger partial charge in [0.05, 0.1) is 6.54 Å². The lowest BCUT2D eigenvalue weighted by Gasteiger charge is -2.42.